The Labute approximate surface area is 200 Å². The van der Waals surface area contributed by atoms with Gasteiger partial charge in [0.15, 0.2) is 6.61 Å². The lowest BCUT2D eigenvalue weighted by atomic mass is 10.2. The van der Waals surface area contributed by atoms with Gasteiger partial charge in [0.1, 0.15) is 5.82 Å². The number of rotatable bonds is 5. The molecule has 1 unspecified atom stereocenters. The van der Waals surface area contributed by atoms with Crippen molar-refractivity contribution in [3.05, 3.63) is 54.2 Å². The number of ether oxygens (including phenoxy) is 1. The van der Waals surface area contributed by atoms with E-state index >= 15 is 0 Å². The average molecular weight is 522 g/mol. The summed E-state index contributed by atoms with van der Waals surface area (Å²) in [5, 5.41) is 12.6. The van der Waals surface area contributed by atoms with Crippen LogP contribution in [0.4, 0.5) is 42.6 Å². The van der Waals surface area contributed by atoms with Gasteiger partial charge in [-0.25, -0.2) is 14.6 Å². The summed E-state index contributed by atoms with van der Waals surface area (Å²) in [6.07, 6.45) is -8.42. The Balaban J connectivity index is 0.000000572. The molecule has 196 valence electrons. The number of amides is 2. The normalized spacial score (nSPS) is 15.4. The molecule has 15 heteroatoms. The molecule has 1 atom stereocenters. The maximum atomic E-state index is 12.6. The van der Waals surface area contributed by atoms with Crippen LogP contribution in [-0.4, -0.2) is 71.1 Å². The molecule has 0 saturated carbocycles. The zero-order valence-corrected chi connectivity index (χ0v) is 18.3. The van der Waals surface area contributed by atoms with E-state index in [2.05, 4.69) is 20.4 Å². The lowest BCUT2D eigenvalue weighted by Gasteiger charge is -2.17. The van der Waals surface area contributed by atoms with Crippen LogP contribution in [-0.2, 0) is 9.53 Å². The van der Waals surface area contributed by atoms with Crippen LogP contribution in [0, 0.1) is 0 Å². The number of aliphatic carboxylic acids is 1. The highest BCUT2D eigenvalue weighted by Gasteiger charge is 2.38. The highest BCUT2D eigenvalue weighted by atomic mass is 19.4. The Morgan fingerprint density at radius 2 is 1.69 bits per heavy atom. The molecule has 2 heterocycles. The molecular formula is C21H20F6N4O5. The number of likely N-dealkylation sites (tertiary alicyclic amines) is 1. The first-order valence-electron chi connectivity index (χ1n) is 10.1. The van der Waals surface area contributed by atoms with Gasteiger partial charge in [-0.15, -0.1) is 0 Å². The number of carboxylic acid groups (broad SMARTS) is 1. The molecule has 1 aliphatic heterocycles. The van der Waals surface area contributed by atoms with E-state index < -0.39 is 31.0 Å². The number of carbonyl (C=O) groups is 3. The fraction of sp³-hybridized carbons (Fsp3) is 0.333. The molecule has 3 rings (SSSR count). The smallest absolute Gasteiger partial charge is 0.475 e. The number of carboxylic acids is 1. The number of aromatic nitrogens is 1. The number of benzene rings is 1. The SMILES string of the molecule is O=C(Nc1ccc(C(=O)N2CCC(Nc3ccccn3)C2)cc1)OCC(F)(F)F.O=C(O)C(F)(F)F. The second-order valence-corrected chi connectivity index (χ2v) is 7.29. The van der Waals surface area contributed by atoms with Crippen molar-refractivity contribution in [2.75, 3.05) is 30.3 Å². The molecule has 3 N–H and O–H groups in total. The fourth-order valence-electron chi connectivity index (χ4n) is 2.90. The summed E-state index contributed by atoms with van der Waals surface area (Å²) in [5.74, 6) is -2.17. The van der Waals surface area contributed by atoms with Gasteiger partial charge in [0, 0.05) is 36.6 Å². The Morgan fingerprint density at radius 1 is 1.06 bits per heavy atom. The first-order chi connectivity index (χ1) is 16.7. The van der Waals surface area contributed by atoms with Crippen LogP contribution in [0.25, 0.3) is 0 Å². The molecule has 2 aromatic rings. The number of carbonyl (C=O) groups excluding carboxylic acids is 2. The third kappa shape index (κ3) is 9.68. The number of alkyl halides is 6. The Kier molecular flexibility index (Phi) is 9.46. The molecule has 9 nitrogen and oxygen atoms in total. The van der Waals surface area contributed by atoms with Gasteiger partial charge in [-0.2, -0.15) is 26.3 Å². The monoisotopic (exact) mass is 522 g/mol. The number of halogens is 6. The van der Waals surface area contributed by atoms with Crippen molar-refractivity contribution in [3.8, 4) is 0 Å². The standard InChI is InChI=1S/C19H19F3N4O3.C2HF3O2/c20-19(21,22)12-29-18(28)25-14-6-4-13(5-7-14)17(27)26-10-8-15(11-26)24-16-3-1-2-9-23-16;3-2(4,5)1(6)7/h1-7,9,15H,8,10-12H2,(H,23,24)(H,25,28);(H,6,7). The Hall–Kier alpha value is -4.04. The van der Waals surface area contributed by atoms with Crippen molar-refractivity contribution in [1.29, 1.82) is 0 Å². The maximum absolute atomic E-state index is 12.6. The van der Waals surface area contributed by atoms with Crippen LogP contribution < -0.4 is 10.6 Å². The van der Waals surface area contributed by atoms with Gasteiger partial charge in [-0.1, -0.05) is 6.07 Å². The lowest BCUT2D eigenvalue weighted by Crippen LogP contribution is -2.31. The van der Waals surface area contributed by atoms with Crippen LogP contribution >= 0.6 is 0 Å². The average Bonchev–Trinajstić information content (AvgIpc) is 3.26. The van der Waals surface area contributed by atoms with E-state index in [-0.39, 0.29) is 17.6 Å². The highest BCUT2D eigenvalue weighted by Crippen LogP contribution is 2.19. The van der Waals surface area contributed by atoms with E-state index in [0.29, 0.717) is 18.7 Å². The molecule has 0 aliphatic carbocycles. The third-order valence-electron chi connectivity index (χ3n) is 4.48. The first kappa shape index (κ1) is 28.2. The third-order valence-corrected chi connectivity index (χ3v) is 4.48. The van der Waals surface area contributed by atoms with Crippen LogP contribution in [0.15, 0.2) is 48.7 Å². The summed E-state index contributed by atoms with van der Waals surface area (Å²) in [5.41, 5.74) is 0.641. The van der Waals surface area contributed by atoms with Gasteiger partial charge in [-0.3, -0.25) is 10.1 Å². The van der Waals surface area contributed by atoms with Crippen LogP contribution in [0.5, 0.6) is 0 Å². The molecule has 1 aromatic heterocycles. The second-order valence-electron chi connectivity index (χ2n) is 7.29. The van der Waals surface area contributed by atoms with E-state index in [1.165, 1.54) is 24.3 Å². The van der Waals surface area contributed by atoms with E-state index in [9.17, 15) is 35.9 Å². The summed E-state index contributed by atoms with van der Waals surface area (Å²) in [7, 11) is 0. The summed E-state index contributed by atoms with van der Waals surface area (Å²) in [6.45, 7) is -0.551. The first-order valence-corrected chi connectivity index (χ1v) is 10.1. The quantitative estimate of drug-likeness (QED) is 0.505. The molecule has 2 amide bonds. The molecular weight excluding hydrogens is 502 g/mol. The topological polar surface area (TPSA) is 121 Å². The summed E-state index contributed by atoms with van der Waals surface area (Å²) >= 11 is 0. The largest absolute Gasteiger partial charge is 0.490 e. The Morgan fingerprint density at radius 3 is 2.22 bits per heavy atom. The van der Waals surface area contributed by atoms with Crippen LogP contribution in [0.3, 0.4) is 0 Å². The highest BCUT2D eigenvalue weighted by molar-refractivity contribution is 5.95. The fourth-order valence-corrected chi connectivity index (χ4v) is 2.90. The predicted molar refractivity (Wildman–Crippen MR) is 113 cm³/mol. The number of anilines is 2. The number of pyridine rings is 1. The van der Waals surface area contributed by atoms with Gasteiger partial charge in [0.25, 0.3) is 5.91 Å². The van der Waals surface area contributed by atoms with E-state index in [1.54, 1.807) is 11.1 Å². The van der Waals surface area contributed by atoms with Gasteiger partial charge in [0.05, 0.1) is 0 Å². The van der Waals surface area contributed by atoms with Gasteiger partial charge in [-0.05, 0) is 42.8 Å². The Bertz CT molecular complexity index is 1030. The molecule has 1 fully saturated rings. The summed E-state index contributed by atoms with van der Waals surface area (Å²) < 4.78 is 71.9. The number of nitrogens with one attached hydrogen (secondary N) is 2. The molecule has 1 aromatic carbocycles. The van der Waals surface area contributed by atoms with Crippen molar-refractivity contribution >= 4 is 29.5 Å². The minimum atomic E-state index is -5.08. The second kappa shape index (κ2) is 12.1. The van der Waals surface area contributed by atoms with Crippen LogP contribution in [0.1, 0.15) is 16.8 Å². The maximum Gasteiger partial charge on any atom is 0.490 e. The van der Waals surface area contributed by atoms with Crippen molar-refractivity contribution in [1.82, 2.24) is 9.88 Å². The zero-order chi connectivity index (χ0) is 26.9. The van der Waals surface area contributed by atoms with E-state index in [1.807, 2.05) is 18.2 Å². The van der Waals surface area contributed by atoms with Crippen molar-refractivity contribution < 1.29 is 50.6 Å². The molecule has 1 saturated heterocycles. The van der Waals surface area contributed by atoms with E-state index in [4.69, 9.17) is 9.90 Å². The summed E-state index contributed by atoms with van der Waals surface area (Å²) in [6, 6.07) is 11.5. The number of nitrogens with zero attached hydrogens (tertiary/aromatic N) is 2. The van der Waals surface area contributed by atoms with Gasteiger partial charge >= 0.3 is 24.4 Å². The van der Waals surface area contributed by atoms with Crippen molar-refractivity contribution in [2.24, 2.45) is 0 Å². The van der Waals surface area contributed by atoms with E-state index in [0.717, 1.165) is 12.2 Å². The molecule has 0 bridgehead atoms. The zero-order valence-electron chi connectivity index (χ0n) is 18.3. The minimum Gasteiger partial charge on any atom is -0.475 e. The summed E-state index contributed by atoms with van der Waals surface area (Å²) in [4.78, 5) is 38.8. The van der Waals surface area contributed by atoms with Crippen molar-refractivity contribution in [2.45, 2.75) is 24.8 Å². The predicted octanol–water partition coefficient (Wildman–Crippen LogP) is 4.15. The molecule has 36 heavy (non-hydrogen) atoms. The molecule has 0 spiro atoms. The molecule has 0 radical (unpaired) electrons. The lowest BCUT2D eigenvalue weighted by molar-refractivity contribution is -0.192. The van der Waals surface area contributed by atoms with Gasteiger partial charge < -0.3 is 20.1 Å². The number of hydrogen-bond donors (Lipinski definition) is 3. The van der Waals surface area contributed by atoms with Crippen LogP contribution in [0.2, 0.25) is 0 Å². The van der Waals surface area contributed by atoms with Crippen molar-refractivity contribution in [3.63, 3.8) is 0 Å². The number of hydrogen-bond acceptors (Lipinski definition) is 6. The minimum absolute atomic E-state index is 0.0955. The molecule has 1 aliphatic rings. The van der Waals surface area contributed by atoms with Gasteiger partial charge in [0.2, 0.25) is 0 Å².